The van der Waals surface area contributed by atoms with Crippen molar-refractivity contribution < 1.29 is 13.5 Å². The van der Waals surface area contributed by atoms with Gasteiger partial charge in [-0.05, 0) is 43.7 Å². The second-order valence-corrected chi connectivity index (χ2v) is 4.77. The van der Waals surface area contributed by atoms with Gasteiger partial charge in [0.25, 0.3) is 0 Å². The van der Waals surface area contributed by atoms with Gasteiger partial charge in [0.2, 0.25) is 0 Å². The van der Waals surface area contributed by atoms with Gasteiger partial charge in [0.05, 0.1) is 11.8 Å². The zero-order valence-corrected chi connectivity index (χ0v) is 11.5. The van der Waals surface area contributed by atoms with Crippen molar-refractivity contribution in [1.82, 2.24) is 0 Å². The number of anilines is 1. The van der Waals surface area contributed by atoms with Crippen LogP contribution in [0.1, 0.15) is 19.4 Å². The molecule has 0 spiro atoms. The molecule has 106 valence electrons. The molecule has 0 saturated carbocycles. The second kappa shape index (κ2) is 6.37. The average molecular weight is 277 g/mol. The van der Waals surface area contributed by atoms with Gasteiger partial charge >= 0.3 is 0 Å². The zero-order chi connectivity index (χ0) is 14.5. The number of rotatable bonds is 5. The monoisotopic (exact) mass is 277 g/mol. The molecule has 0 aliphatic heterocycles. The minimum atomic E-state index is -0.854. The summed E-state index contributed by atoms with van der Waals surface area (Å²) in [6.45, 7) is 4.34. The van der Waals surface area contributed by atoms with E-state index in [1.54, 1.807) is 0 Å². The Morgan fingerprint density at radius 2 is 1.75 bits per heavy atom. The third-order valence-electron chi connectivity index (χ3n) is 2.73. The summed E-state index contributed by atoms with van der Waals surface area (Å²) in [6.07, 6.45) is 0.125. The van der Waals surface area contributed by atoms with Crippen molar-refractivity contribution in [3.8, 4) is 5.75 Å². The lowest BCUT2D eigenvalue weighted by Crippen LogP contribution is -2.06. The molecule has 2 rings (SSSR count). The summed E-state index contributed by atoms with van der Waals surface area (Å²) in [7, 11) is 0. The van der Waals surface area contributed by atoms with Crippen LogP contribution in [0.5, 0.6) is 5.75 Å². The molecular weight excluding hydrogens is 260 g/mol. The molecular formula is C16H17F2NO. The first kappa shape index (κ1) is 14.3. The smallest absolute Gasteiger partial charge is 0.181 e. The van der Waals surface area contributed by atoms with E-state index in [-0.39, 0.29) is 11.8 Å². The predicted octanol–water partition coefficient (Wildman–Crippen LogP) is 4.36. The Balaban J connectivity index is 1.99. The Morgan fingerprint density at radius 3 is 2.40 bits per heavy atom. The minimum absolute atomic E-state index is 0.125. The molecule has 0 atom stereocenters. The van der Waals surface area contributed by atoms with E-state index < -0.39 is 11.6 Å². The summed E-state index contributed by atoms with van der Waals surface area (Å²) < 4.78 is 32.0. The Kier molecular flexibility index (Phi) is 4.56. The molecule has 0 radical (unpaired) electrons. The number of nitrogens with one attached hydrogen (secondary N) is 1. The average Bonchev–Trinajstić information content (AvgIpc) is 2.41. The molecule has 0 unspecified atom stereocenters. The molecule has 0 aromatic heterocycles. The molecule has 1 N–H and O–H groups in total. The summed E-state index contributed by atoms with van der Waals surface area (Å²) in [5, 5.41) is 2.87. The largest absolute Gasteiger partial charge is 0.491 e. The van der Waals surface area contributed by atoms with Gasteiger partial charge in [-0.25, -0.2) is 8.78 Å². The molecule has 0 bridgehead atoms. The molecule has 0 aliphatic rings. The number of hydrogen-bond acceptors (Lipinski definition) is 2. The predicted molar refractivity (Wildman–Crippen MR) is 75.9 cm³/mol. The molecule has 2 nitrogen and oxygen atoms in total. The Bertz CT molecular complexity index is 567. The van der Waals surface area contributed by atoms with Crippen LogP contribution >= 0.6 is 0 Å². The van der Waals surface area contributed by atoms with Crippen LogP contribution in [0.25, 0.3) is 0 Å². The van der Waals surface area contributed by atoms with E-state index >= 15 is 0 Å². The summed E-state index contributed by atoms with van der Waals surface area (Å²) in [5.74, 6) is -0.913. The van der Waals surface area contributed by atoms with E-state index in [2.05, 4.69) is 5.32 Å². The minimum Gasteiger partial charge on any atom is -0.491 e. The summed E-state index contributed by atoms with van der Waals surface area (Å²) in [6, 6.07) is 11.6. The summed E-state index contributed by atoms with van der Waals surface area (Å²) in [5.41, 5.74) is 1.12. The summed E-state index contributed by atoms with van der Waals surface area (Å²) >= 11 is 0. The standard InChI is InChI=1S/C16H17F2NO/c1-11(2)20-13-8-6-12(7-9-13)10-19-15-5-3-4-14(17)16(15)18/h3-9,11,19H,10H2,1-2H3. The maximum Gasteiger partial charge on any atom is 0.181 e. The number of ether oxygens (including phenoxy) is 1. The molecule has 20 heavy (non-hydrogen) atoms. The lowest BCUT2D eigenvalue weighted by molar-refractivity contribution is 0.242. The van der Waals surface area contributed by atoms with E-state index in [1.165, 1.54) is 12.1 Å². The first-order valence-corrected chi connectivity index (χ1v) is 6.49. The highest BCUT2D eigenvalue weighted by molar-refractivity contribution is 5.45. The van der Waals surface area contributed by atoms with Crippen molar-refractivity contribution in [3.05, 3.63) is 59.7 Å². The van der Waals surface area contributed by atoms with Gasteiger partial charge in [-0.15, -0.1) is 0 Å². The first-order valence-electron chi connectivity index (χ1n) is 6.49. The number of hydrogen-bond donors (Lipinski definition) is 1. The topological polar surface area (TPSA) is 21.3 Å². The lowest BCUT2D eigenvalue weighted by Gasteiger charge is -2.11. The van der Waals surface area contributed by atoms with Crippen LogP contribution in [0.15, 0.2) is 42.5 Å². The molecule has 2 aromatic carbocycles. The van der Waals surface area contributed by atoms with Crippen LogP contribution in [0.2, 0.25) is 0 Å². The van der Waals surface area contributed by atoms with E-state index in [1.807, 2.05) is 38.1 Å². The molecule has 0 saturated heterocycles. The van der Waals surface area contributed by atoms with Crippen LogP contribution in [-0.2, 0) is 6.54 Å². The Hall–Kier alpha value is -2.10. The van der Waals surface area contributed by atoms with Crippen molar-refractivity contribution in [3.63, 3.8) is 0 Å². The van der Waals surface area contributed by atoms with Crippen molar-refractivity contribution >= 4 is 5.69 Å². The molecule has 0 aliphatic carbocycles. The van der Waals surface area contributed by atoms with Gasteiger partial charge in [0, 0.05) is 6.54 Å². The van der Waals surface area contributed by atoms with Crippen LogP contribution in [0.3, 0.4) is 0 Å². The highest BCUT2D eigenvalue weighted by Gasteiger charge is 2.06. The van der Waals surface area contributed by atoms with Gasteiger partial charge in [-0.1, -0.05) is 18.2 Å². The maximum absolute atomic E-state index is 13.5. The van der Waals surface area contributed by atoms with Crippen molar-refractivity contribution in [1.29, 1.82) is 0 Å². The molecule has 0 fully saturated rings. The number of benzene rings is 2. The van der Waals surface area contributed by atoms with Gasteiger partial charge in [-0.3, -0.25) is 0 Å². The maximum atomic E-state index is 13.5. The highest BCUT2D eigenvalue weighted by atomic mass is 19.2. The molecule has 0 heterocycles. The van der Waals surface area contributed by atoms with Crippen LogP contribution in [0, 0.1) is 11.6 Å². The highest BCUT2D eigenvalue weighted by Crippen LogP contribution is 2.18. The second-order valence-electron chi connectivity index (χ2n) is 4.77. The fourth-order valence-corrected chi connectivity index (χ4v) is 1.80. The van der Waals surface area contributed by atoms with Crippen molar-refractivity contribution in [2.75, 3.05) is 5.32 Å². The molecule has 0 amide bonds. The first-order chi connectivity index (χ1) is 9.56. The van der Waals surface area contributed by atoms with E-state index in [0.717, 1.165) is 17.4 Å². The molecule has 2 aromatic rings. The van der Waals surface area contributed by atoms with Crippen molar-refractivity contribution in [2.24, 2.45) is 0 Å². The van der Waals surface area contributed by atoms with Gasteiger partial charge in [-0.2, -0.15) is 0 Å². The third kappa shape index (κ3) is 3.70. The van der Waals surface area contributed by atoms with Crippen LogP contribution in [-0.4, -0.2) is 6.10 Å². The lowest BCUT2D eigenvalue weighted by atomic mass is 10.2. The van der Waals surface area contributed by atoms with Crippen molar-refractivity contribution in [2.45, 2.75) is 26.5 Å². The van der Waals surface area contributed by atoms with E-state index in [0.29, 0.717) is 6.54 Å². The Morgan fingerprint density at radius 1 is 1.05 bits per heavy atom. The van der Waals surface area contributed by atoms with Gasteiger partial charge in [0.15, 0.2) is 11.6 Å². The quantitative estimate of drug-likeness (QED) is 0.876. The van der Waals surface area contributed by atoms with Gasteiger partial charge in [0.1, 0.15) is 5.75 Å². The molecule has 4 heteroatoms. The normalized spacial score (nSPS) is 10.7. The Labute approximate surface area is 117 Å². The third-order valence-corrected chi connectivity index (χ3v) is 2.73. The van der Waals surface area contributed by atoms with Crippen LogP contribution < -0.4 is 10.1 Å². The van der Waals surface area contributed by atoms with E-state index in [4.69, 9.17) is 4.74 Å². The summed E-state index contributed by atoms with van der Waals surface area (Å²) in [4.78, 5) is 0. The van der Waals surface area contributed by atoms with Gasteiger partial charge < -0.3 is 10.1 Å². The van der Waals surface area contributed by atoms with E-state index in [9.17, 15) is 8.78 Å². The SMILES string of the molecule is CC(C)Oc1ccc(CNc2cccc(F)c2F)cc1. The fraction of sp³-hybridized carbons (Fsp3) is 0.250. The van der Waals surface area contributed by atoms with Crippen LogP contribution in [0.4, 0.5) is 14.5 Å². The zero-order valence-electron chi connectivity index (χ0n) is 11.5. The fourth-order valence-electron chi connectivity index (χ4n) is 1.80. The number of halogens is 2.